The number of likely N-dealkylation sites (tertiary alicyclic amines) is 2. The third kappa shape index (κ3) is 7.05. The largest absolute Gasteiger partial charge is 0.352 e. The van der Waals surface area contributed by atoms with Crippen LogP contribution in [0.3, 0.4) is 0 Å². The molecule has 1 amide bonds. The van der Waals surface area contributed by atoms with Crippen LogP contribution in [0.25, 0.3) is 11.4 Å². The van der Waals surface area contributed by atoms with Crippen LogP contribution < -0.4 is 5.32 Å². The van der Waals surface area contributed by atoms with E-state index in [-0.39, 0.29) is 11.8 Å². The van der Waals surface area contributed by atoms with Crippen molar-refractivity contribution < 1.29 is 9.32 Å². The highest BCUT2D eigenvalue weighted by molar-refractivity contribution is 5.78. The minimum absolute atomic E-state index is 0.0576. The van der Waals surface area contributed by atoms with Crippen LogP contribution in [0.2, 0.25) is 0 Å². The lowest BCUT2D eigenvalue weighted by molar-refractivity contribution is -0.126. The van der Waals surface area contributed by atoms with Gasteiger partial charge in [-0.1, -0.05) is 60.1 Å². The molecule has 196 valence electrons. The van der Waals surface area contributed by atoms with Crippen molar-refractivity contribution in [1.29, 1.82) is 0 Å². The highest BCUT2D eigenvalue weighted by Crippen LogP contribution is 2.22. The van der Waals surface area contributed by atoms with Crippen LogP contribution >= 0.6 is 0 Å². The normalized spacial score (nSPS) is 19.7. The van der Waals surface area contributed by atoms with Crippen molar-refractivity contribution in [2.45, 2.75) is 59.2 Å². The van der Waals surface area contributed by atoms with E-state index in [1.807, 2.05) is 12.1 Å². The second-order valence-electron chi connectivity index (χ2n) is 10.9. The van der Waals surface area contributed by atoms with Crippen LogP contribution in [-0.2, 0) is 24.4 Å². The number of hydrogen-bond donors (Lipinski definition) is 1. The maximum Gasteiger partial charge on any atom is 0.241 e. The molecule has 7 heteroatoms. The maximum atomic E-state index is 12.8. The maximum absolute atomic E-state index is 12.8. The smallest absolute Gasteiger partial charge is 0.241 e. The molecule has 3 heterocycles. The average Bonchev–Trinajstić information content (AvgIpc) is 3.37. The first-order valence-corrected chi connectivity index (χ1v) is 13.7. The van der Waals surface area contributed by atoms with Gasteiger partial charge in [-0.2, -0.15) is 4.98 Å². The number of aromatic nitrogens is 2. The van der Waals surface area contributed by atoms with Gasteiger partial charge in [-0.15, -0.1) is 0 Å². The standard InChI is InChI=1S/C30H39N5O2/c1-22-5-3-7-27(17-22)29-32-28(37-33-29)21-34-15-12-26(13-16-34)30(36)31-18-24-8-10-25(11-9-24)20-35-14-4-6-23(2)19-35/h3,5,7-11,17,23,26H,4,6,12-16,18-21H2,1-2H3,(H,31,36). The van der Waals surface area contributed by atoms with E-state index < -0.39 is 0 Å². The first-order chi connectivity index (χ1) is 18.0. The summed E-state index contributed by atoms with van der Waals surface area (Å²) in [6, 6.07) is 16.8. The fourth-order valence-corrected chi connectivity index (χ4v) is 5.55. The van der Waals surface area contributed by atoms with E-state index in [2.05, 4.69) is 75.5 Å². The molecule has 0 spiro atoms. The van der Waals surface area contributed by atoms with Gasteiger partial charge < -0.3 is 9.84 Å². The number of nitrogens with one attached hydrogen (secondary N) is 1. The molecule has 2 aromatic carbocycles. The van der Waals surface area contributed by atoms with Crippen LogP contribution in [0, 0.1) is 18.8 Å². The van der Waals surface area contributed by atoms with Gasteiger partial charge in [0.05, 0.1) is 6.54 Å². The van der Waals surface area contributed by atoms with E-state index in [1.54, 1.807) is 0 Å². The Morgan fingerprint density at radius 3 is 2.54 bits per heavy atom. The summed E-state index contributed by atoms with van der Waals surface area (Å²) < 4.78 is 5.49. The fraction of sp³-hybridized carbons (Fsp3) is 0.500. The quantitative estimate of drug-likeness (QED) is 0.478. The SMILES string of the molecule is Cc1cccc(-c2noc(CN3CCC(C(=O)NCc4ccc(CN5CCCC(C)C5)cc4)CC3)n2)c1. The third-order valence-corrected chi connectivity index (χ3v) is 7.70. The van der Waals surface area contributed by atoms with Crippen molar-refractivity contribution >= 4 is 5.91 Å². The predicted octanol–water partition coefficient (Wildman–Crippen LogP) is 4.81. The molecule has 0 aliphatic carbocycles. The molecule has 1 aromatic heterocycles. The number of amides is 1. The minimum Gasteiger partial charge on any atom is -0.352 e. The molecule has 0 radical (unpaired) electrons. The summed E-state index contributed by atoms with van der Waals surface area (Å²) in [5.74, 6) is 2.26. The van der Waals surface area contributed by atoms with Gasteiger partial charge in [-0.3, -0.25) is 14.6 Å². The second-order valence-corrected chi connectivity index (χ2v) is 10.9. The Morgan fingerprint density at radius 2 is 1.78 bits per heavy atom. The van der Waals surface area contributed by atoms with Crippen LogP contribution in [0.1, 0.15) is 55.2 Å². The molecular formula is C30H39N5O2. The van der Waals surface area contributed by atoms with Crippen molar-refractivity contribution in [2.24, 2.45) is 11.8 Å². The zero-order valence-electron chi connectivity index (χ0n) is 22.2. The van der Waals surface area contributed by atoms with Crippen molar-refractivity contribution in [3.63, 3.8) is 0 Å². The monoisotopic (exact) mass is 501 g/mol. The van der Waals surface area contributed by atoms with E-state index in [4.69, 9.17) is 4.52 Å². The molecule has 7 nitrogen and oxygen atoms in total. The van der Waals surface area contributed by atoms with Crippen LogP contribution in [0.15, 0.2) is 53.1 Å². The summed E-state index contributed by atoms with van der Waals surface area (Å²) >= 11 is 0. The predicted molar refractivity (Wildman–Crippen MR) is 144 cm³/mol. The molecule has 2 fully saturated rings. The van der Waals surface area contributed by atoms with E-state index in [1.165, 1.54) is 37.1 Å². The highest BCUT2D eigenvalue weighted by atomic mass is 16.5. The Hall–Kier alpha value is -3.03. The van der Waals surface area contributed by atoms with Gasteiger partial charge in [-0.25, -0.2) is 0 Å². The Balaban J connectivity index is 1.04. The lowest BCUT2D eigenvalue weighted by Gasteiger charge is -2.30. The van der Waals surface area contributed by atoms with Gasteiger partial charge in [0.15, 0.2) is 0 Å². The second kappa shape index (κ2) is 12.0. The highest BCUT2D eigenvalue weighted by Gasteiger charge is 2.26. The molecule has 0 bridgehead atoms. The van der Waals surface area contributed by atoms with Crippen molar-refractivity contribution in [1.82, 2.24) is 25.3 Å². The summed E-state index contributed by atoms with van der Waals surface area (Å²) in [6.45, 7) is 10.7. The van der Waals surface area contributed by atoms with Crippen molar-refractivity contribution in [3.05, 3.63) is 71.1 Å². The van der Waals surface area contributed by atoms with E-state index in [9.17, 15) is 4.79 Å². The van der Waals surface area contributed by atoms with Gasteiger partial charge in [0.1, 0.15) is 0 Å². The lowest BCUT2D eigenvalue weighted by Crippen LogP contribution is -2.40. The van der Waals surface area contributed by atoms with Gasteiger partial charge in [0.25, 0.3) is 0 Å². The number of nitrogens with zero attached hydrogens (tertiary/aromatic N) is 4. The molecule has 2 saturated heterocycles. The van der Waals surface area contributed by atoms with Gasteiger partial charge in [0, 0.05) is 31.1 Å². The summed E-state index contributed by atoms with van der Waals surface area (Å²) in [5.41, 5.74) is 4.64. The fourth-order valence-electron chi connectivity index (χ4n) is 5.55. The van der Waals surface area contributed by atoms with Crippen LogP contribution in [-0.4, -0.2) is 52.0 Å². The number of hydrogen-bond acceptors (Lipinski definition) is 6. The number of carbonyl (C=O) groups excluding carboxylic acids is 1. The summed E-state index contributed by atoms with van der Waals surface area (Å²) in [4.78, 5) is 22.2. The van der Waals surface area contributed by atoms with Gasteiger partial charge >= 0.3 is 0 Å². The molecule has 1 N–H and O–H groups in total. The Kier molecular flexibility index (Phi) is 8.31. The topological polar surface area (TPSA) is 74.5 Å². The molecule has 5 rings (SSSR count). The molecule has 1 unspecified atom stereocenters. The average molecular weight is 502 g/mol. The number of piperidine rings is 2. The Bertz CT molecular complexity index is 1170. The molecule has 1 atom stereocenters. The molecular weight excluding hydrogens is 462 g/mol. The first-order valence-electron chi connectivity index (χ1n) is 13.7. The van der Waals surface area contributed by atoms with E-state index in [0.717, 1.165) is 49.5 Å². The third-order valence-electron chi connectivity index (χ3n) is 7.70. The van der Waals surface area contributed by atoms with E-state index in [0.29, 0.717) is 24.8 Å². The Labute approximate surface area is 220 Å². The number of rotatable bonds is 8. The molecule has 37 heavy (non-hydrogen) atoms. The van der Waals surface area contributed by atoms with Gasteiger partial charge in [0.2, 0.25) is 17.6 Å². The molecule has 2 aliphatic heterocycles. The van der Waals surface area contributed by atoms with Gasteiger partial charge in [-0.05, 0) is 75.4 Å². The zero-order chi connectivity index (χ0) is 25.6. The Morgan fingerprint density at radius 1 is 1.00 bits per heavy atom. The van der Waals surface area contributed by atoms with Crippen molar-refractivity contribution in [3.8, 4) is 11.4 Å². The summed E-state index contributed by atoms with van der Waals surface area (Å²) in [5, 5.41) is 7.30. The first kappa shape index (κ1) is 25.6. The molecule has 3 aromatic rings. The molecule has 0 saturated carbocycles. The number of aryl methyl sites for hydroxylation is 1. The lowest BCUT2D eigenvalue weighted by atomic mass is 9.96. The zero-order valence-corrected chi connectivity index (χ0v) is 22.2. The number of benzene rings is 2. The van der Waals surface area contributed by atoms with Crippen LogP contribution in [0.4, 0.5) is 0 Å². The molecule has 2 aliphatic rings. The minimum atomic E-state index is 0.0576. The summed E-state index contributed by atoms with van der Waals surface area (Å²) in [6.07, 6.45) is 4.34. The summed E-state index contributed by atoms with van der Waals surface area (Å²) in [7, 11) is 0. The number of carbonyl (C=O) groups is 1. The van der Waals surface area contributed by atoms with E-state index >= 15 is 0 Å². The van der Waals surface area contributed by atoms with Crippen LogP contribution in [0.5, 0.6) is 0 Å². The van der Waals surface area contributed by atoms with Crippen molar-refractivity contribution in [2.75, 3.05) is 26.2 Å².